The van der Waals surface area contributed by atoms with Gasteiger partial charge in [-0.25, -0.2) is 0 Å². The molecule has 0 aromatic carbocycles. The van der Waals surface area contributed by atoms with Crippen LogP contribution in [0.5, 0.6) is 0 Å². The van der Waals surface area contributed by atoms with Crippen molar-refractivity contribution >= 4 is 17.2 Å². The highest BCUT2D eigenvalue weighted by Crippen LogP contribution is 2.14. The average molecular weight is 213 g/mol. The van der Waals surface area contributed by atoms with Crippen molar-refractivity contribution in [1.29, 1.82) is 0 Å². The molecule has 3 nitrogen and oxygen atoms in total. The van der Waals surface area contributed by atoms with Crippen LogP contribution < -0.4 is 5.32 Å². The first-order valence-electron chi connectivity index (χ1n) is 4.61. The van der Waals surface area contributed by atoms with E-state index in [-0.39, 0.29) is 12.0 Å². The number of thiophene rings is 1. The minimum absolute atomic E-state index is 0.0434. The molecule has 4 heteroatoms. The molecule has 0 aliphatic carbocycles. The number of carbonyl (C=O) groups excluding carboxylic acids is 1. The number of nitrogens with one attached hydrogen (secondary N) is 1. The quantitative estimate of drug-likeness (QED) is 0.797. The second-order valence-corrected chi connectivity index (χ2v) is 4.24. The summed E-state index contributed by atoms with van der Waals surface area (Å²) in [6.45, 7) is 4.15. The van der Waals surface area contributed by atoms with Gasteiger partial charge in [0.25, 0.3) is 5.91 Å². The number of hydrogen-bond donors (Lipinski definition) is 2. The molecule has 0 saturated carbocycles. The molecule has 0 spiro atoms. The van der Waals surface area contributed by atoms with Crippen LogP contribution in [0.25, 0.3) is 0 Å². The van der Waals surface area contributed by atoms with Gasteiger partial charge in [0.15, 0.2) is 0 Å². The maximum atomic E-state index is 11.5. The number of amides is 1. The molecule has 0 aliphatic heterocycles. The van der Waals surface area contributed by atoms with Gasteiger partial charge in [-0.15, -0.1) is 11.3 Å². The van der Waals surface area contributed by atoms with Crippen LogP contribution in [0.2, 0.25) is 0 Å². The van der Waals surface area contributed by atoms with Gasteiger partial charge in [-0.1, -0.05) is 0 Å². The Morgan fingerprint density at radius 1 is 1.71 bits per heavy atom. The molecule has 1 aromatic rings. The minimum Gasteiger partial charge on any atom is -0.393 e. The highest BCUT2D eigenvalue weighted by Gasteiger charge is 2.09. The second kappa shape index (κ2) is 5.12. The first-order chi connectivity index (χ1) is 6.61. The van der Waals surface area contributed by atoms with E-state index in [9.17, 15) is 4.79 Å². The van der Waals surface area contributed by atoms with Gasteiger partial charge in [0.05, 0.1) is 11.0 Å². The molecule has 0 fully saturated rings. The second-order valence-electron chi connectivity index (χ2n) is 3.33. The van der Waals surface area contributed by atoms with Crippen molar-refractivity contribution in [2.24, 2.45) is 0 Å². The molecule has 1 rings (SSSR count). The molecule has 1 amide bonds. The Bertz CT molecular complexity index is 307. The number of aliphatic hydroxyl groups is 1. The van der Waals surface area contributed by atoms with E-state index in [4.69, 9.17) is 5.11 Å². The zero-order valence-corrected chi connectivity index (χ0v) is 9.23. The Kier molecular flexibility index (Phi) is 4.10. The molecule has 2 N–H and O–H groups in total. The van der Waals surface area contributed by atoms with Gasteiger partial charge >= 0.3 is 0 Å². The lowest BCUT2D eigenvalue weighted by molar-refractivity contribution is 0.0949. The van der Waals surface area contributed by atoms with Crippen molar-refractivity contribution in [3.05, 3.63) is 21.9 Å². The zero-order chi connectivity index (χ0) is 10.6. The number of rotatable bonds is 4. The van der Waals surface area contributed by atoms with E-state index < -0.39 is 0 Å². The Labute approximate surface area is 87.8 Å². The van der Waals surface area contributed by atoms with Gasteiger partial charge in [0.1, 0.15) is 0 Å². The molecule has 0 radical (unpaired) electrons. The van der Waals surface area contributed by atoms with E-state index in [1.165, 1.54) is 11.3 Å². The van der Waals surface area contributed by atoms with Gasteiger partial charge in [-0.2, -0.15) is 0 Å². The van der Waals surface area contributed by atoms with Crippen molar-refractivity contribution in [2.75, 3.05) is 6.54 Å². The van der Waals surface area contributed by atoms with E-state index in [1.807, 2.05) is 18.4 Å². The third-order valence-corrected chi connectivity index (χ3v) is 2.93. The summed E-state index contributed by atoms with van der Waals surface area (Å²) in [5.41, 5.74) is 1.00. The van der Waals surface area contributed by atoms with Gasteiger partial charge < -0.3 is 10.4 Å². The Balaban J connectivity index is 2.40. The van der Waals surface area contributed by atoms with E-state index in [1.54, 1.807) is 6.92 Å². The number of aliphatic hydroxyl groups excluding tert-OH is 1. The third kappa shape index (κ3) is 3.12. The smallest absolute Gasteiger partial charge is 0.261 e. The summed E-state index contributed by atoms with van der Waals surface area (Å²) in [6.07, 6.45) is 0.232. The summed E-state index contributed by atoms with van der Waals surface area (Å²) in [7, 11) is 0. The molecular weight excluding hydrogens is 198 g/mol. The van der Waals surface area contributed by atoms with E-state index in [2.05, 4.69) is 5.32 Å². The van der Waals surface area contributed by atoms with Crippen molar-refractivity contribution in [3.63, 3.8) is 0 Å². The van der Waals surface area contributed by atoms with Crippen molar-refractivity contribution < 1.29 is 9.90 Å². The first kappa shape index (κ1) is 11.2. The average Bonchev–Trinajstić information content (AvgIpc) is 2.50. The lowest BCUT2D eigenvalue weighted by Crippen LogP contribution is -2.26. The molecule has 0 saturated heterocycles. The largest absolute Gasteiger partial charge is 0.393 e. The number of carbonyl (C=O) groups is 1. The normalized spacial score (nSPS) is 12.5. The SMILES string of the molecule is Cc1ccsc1C(=O)NCCC(C)O. The minimum atomic E-state index is -0.361. The summed E-state index contributed by atoms with van der Waals surface area (Å²) < 4.78 is 0. The van der Waals surface area contributed by atoms with Gasteiger partial charge in [-0.05, 0) is 37.3 Å². The highest BCUT2D eigenvalue weighted by atomic mass is 32.1. The Morgan fingerprint density at radius 3 is 2.93 bits per heavy atom. The molecule has 1 heterocycles. The fourth-order valence-corrected chi connectivity index (χ4v) is 1.92. The van der Waals surface area contributed by atoms with Crippen LogP contribution in [-0.4, -0.2) is 23.7 Å². The topological polar surface area (TPSA) is 49.3 Å². The zero-order valence-electron chi connectivity index (χ0n) is 8.41. The predicted octanol–water partition coefficient (Wildman–Crippen LogP) is 1.56. The lowest BCUT2D eigenvalue weighted by atomic mass is 10.2. The highest BCUT2D eigenvalue weighted by molar-refractivity contribution is 7.12. The van der Waals surface area contributed by atoms with Crippen LogP contribution in [0.4, 0.5) is 0 Å². The molecule has 14 heavy (non-hydrogen) atoms. The molecule has 1 unspecified atom stereocenters. The maximum Gasteiger partial charge on any atom is 0.261 e. The lowest BCUT2D eigenvalue weighted by Gasteiger charge is -2.05. The molecule has 0 bridgehead atoms. The molecular formula is C10H15NO2S. The molecule has 0 aliphatic rings. The predicted molar refractivity (Wildman–Crippen MR) is 57.7 cm³/mol. The summed E-state index contributed by atoms with van der Waals surface area (Å²) in [6, 6.07) is 1.92. The van der Waals surface area contributed by atoms with E-state index >= 15 is 0 Å². The number of hydrogen-bond acceptors (Lipinski definition) is 3. The summed E-state index contributed by atoms with van der Waals surface area (Å²) in [5.74, 6) is -0.0434. The standard InChI is InChI=1S/C10H15NO2S/c1-7-4-6-14-9(7)10(13)11-5-3-8(2)12/h4,6,8,12H,3,5H2,1-2H3,(H,11,13). The fourth-order valence-electron chi connectivity index (χ4n) is 1.08. The third-order valence-electron chi connectivity index (χ3n) is 1.92. The van der Waals surface area contributed by atoms with E-state index in [0.717, 1.165) is 10.4 Å². The van der Waals surface area contributed by atoms with Crippen molar-refractivity contribution in [1.82, 2.24) is 5.32 Å². The summed E-state index contributed by atoms with van der Waals surface area (Å²) in [5, 5.41) is 13.7. The Morgan fingerprint density at radius 2 is 2.43 bits per heavy atom. The first-order valence-corrected chi connectivity index (χ1v) is 5.49. The molecule has 78 valence electrons. The van der Waals surface area contributed by atoms with Crippen molar-refractivity contribution in [2.45, 2.75) is 26.4 Å². The van der Waals surface area contributed by atoms with Crippen LogP contribution >= 0.6 is 11.3 Å². The fraction of sp³-hybridized carbons (Fsp3) is 0.500. The maximum absolute atomic E-state index is 11.5. The molecule has 1 aromatic heterocycles. The molecule has 1 atom stereocenters. The van der Waals surface area contributed by atoms with E-state index in [0.29, 0.717) is 13.0 Å². The van der Waals surface area contributed by atoms with Crippen LogP contribution in [0.1, 0.15) is 28.6 Å². The van der Waals surface area contributed by atoms with Crippen LogP contribution in [0.3, 0.4) is 0 Å². The monoisotopic (exact) mass is 213 g/mol. The van der Waals surface area contributed by atoms with Gasteiger partial charge in [0, 0.05) is 6.54 Å². The van der Waals surface area contributed by atoms with Gasteiger partial charge in [-0.3, -0.25) is 4.79 Å². The van der Waals surface area contributed by atoms with Gasteiger partial charge in [0.2, 0.25) is 0 Å². The van der Waals surface area contributed by atoms with Crippen LogP contribution in [0, 0.1) is 6.92 Å². The number of aryl methyl sites for hydroxylation is 1. The van der Waals surface area contributed by atoms with Crippen molar-refractivity contribution in [3.8, 4) is 0 Å². The Hall–Kier alpha value is -0.870. The summed E-state index contributed by atoms with van der Waals surface area (Å²) >= 11 is 1.44. The van der Waals surface area contributed by atoms with Crippen LogP contribution in [0.15, 0.2) is 11.4 Å². The summed E-state index contributed by atoms with van der Waals surface area (Å²) in [4.78, 5) is 12.3. The van der Waals surface area contributed by atoms with Crippen LogP contribution in [-0.2, 0) is 0 Å².